The molecule has 0 aliphatic carbocycles. The van der Waals surface area contributed by atoms with E-state index in [1.54, 1.807) is 32.4 Å². The number of hydrogen-bond donors (Lipinski definition) is 2. The van der Waals surface area contributed by atoms with Crippen molar-refractivity contribution >= 4 is 45.3 Å². The summed E-state index contributed by atoms with van der Waals surface area (Å²) in [4.78, 5) is 24.5. The van der Waals surface area contributed by atoms with Gasteiger partial charge in [-0.05, 0) is 6.07 Å². The highest BCUT2D eigenvalue weighted by Crippen LogP contribution is 2.30. The first-order valence-electron chi connectivity index (χ1n) is 8.55. The number of aromatic nitrogens is 3. The molecule has 0 unspecified atom stereocenters. The van der Waals surface area contributed by atoms with Gasteiger partial charge in [-0.15, -0.1) is 0 Å². The van der Waals surface area contributed by atoms with Crippen LogP contribution in [0.25, 0.3) is 21.9 Å². The summed E-state index contributed by atoms with van der Waals surface area (Å²) < 4.78 is 10.5. The molecule has 0 aliphatic heterocycles. The van der Waals surface area contributed by atoms with Crippen molar-refractivity contribution in [2.24, 2.45) is 0 Å². The van der Waals surface area contributed by atoms with Crippen molar-refractivity contribution in [1.82, 2.24) is 15.0 Å². The molecule has 2 aromatic carbocycles. The predicted molar refractivity (Wildman–Crippen MR) is 110 cm³/mol. The number of carbonyl (C=O) groups excluding carboxylic acids is 1. The van der Waals surface area contributed by atoms with Crippen molar-refractivity contribution in [2.75, 3.05) is 25.3 Å². The highest BCUT2D eigenvalue weighted by Gasteiger charge is 2.13. The summed E-state index contributed by atoms with van der Waals surface area (Å²) >= 11 is 1.36. The zero-order chi connectivity index (χ0) is 19.5. The van der Waals surface area contributed by atoms with E-state index in [1.165, 1.54) is 18.1 Å². The quantitative estimate of drug-likeness (QED) is 0.381. The Morgan fingerprint density at radius 2 is 1.86 bits per heavy atom. The first-order chi connectivity index (χ1) is 13.7. The fourth-order valence-electron chi connectivity index (χ4n) is 2.94. The summed E-state index contributed by atoms with van der Waals surface area (Å²) in [5.74, 6) is 1.28. The van der Waals surface area contributed by atoms with Gasteiger partial charge in [0.25, 0.3) is 0 Å². The number of benzene rings is 2. The lowest BCUT2D eigenvalue weighted by Gasteiger charge is -2.09. The van der Waals surface area contributed by atoms with Crippen molar-refractivity contribution in [1.29, 1.82) is 0 Å². The van der Waals surface area contributed by atoms with Gasteiger partial charge in [-0.1, -0.05) is 30.0 Å². The van der Waals surface area contributed by atoms with Gasteiger partial charge in [0.05, 0.1) is 25.5 Å². The van der Waals surface area contributed by atoms with Crippen molar-refractivity contribution in [2.45, 2.75) is 5.03 Å². The molecule has 2 N–H and O–H groups in total. The van der Waals surface area contributed by atoms with Gasteiger partial charge >= 0.3 is 0 Å². The second kappa shape index (κ2) is 7.77. The van der Waals surface area contributed by atoms with Crippen LogP contribution in [0, 0.1) is 0 Å². The van der Waals surface area contributed by atoms with Crippen LogP contribution in [-0.4, -0.2) is 40.8 Å². The zero-order valence-electron chi connectivity index (χ0n) is 15.4. The van der Waals surface area contributed by atoms with Gasteiger partial charge in [0.15, 0.2) is 0 Å². The first-order valence-corrected chi connectivity index (χ1v) is 9.53. The van der Waals surface area contributed by atoms with Crippen molar-refractivity contribution in [3.63, 3.8) is 0 Å². The van der Waals surface area contributed by atoms with E-state index in [0.29, 0.717) is 17.2 Å². The second-order valence-electron chi connectivity index (χ2n) is 6.01. The number of anilines is 1. The second-order valence-corrected chi connectivity index (χ2v) is 6.98. The number of fused-ring (bicyclic) bond motifs is 3. The molecule has 8 heteroatoms. The van der Waals surface area contributed by atoms with E-state index in [4.69, 9.17) is 9.47 Å². The lowest BCUT2D eigenvalue weighted by Crippen LogP contribution is -2.14. The molecule has 0 spiro atoms. The molecule has 142 valence electrons. The van der Waals surface area contributed by atoms with E-state index in [9.17, 15) is 4.79 Å². The smallest absolute Gasteiger partial charge is 0.234 e. The van der Waals surface area contributed by atoms with E-state index in [-0.39, 0.29) is 11.7 Å². The van der Waals surface area contributed by atoms with Gasteiger partial charge in [-0.2, -0.15) is 0 Å². The van der Waals surface area contributed by atoms with Gasteiger partial charge in [-0.3, -0.25) is 4.79 Å². The minimum Gasteiger partial charge on any atom is -0.497 e. The lowest BCUT2D eigenvalue weighted by atomic mass is 10.2. The van der Waals surface area contributed by atoms with Crippen LogP contribution in [0.15, 0.2) is 53.8 Å². The number of ether oxygens (including phenoxy) is 2. The third-order valence-electron chi connectivity index (χ3n) is 4.23. The summed E-state index contributed by atoms with van der Waals surface area (Å²) in [5, 5.41) is 4.64. The average Bonchev–Trinajstić information content (AvgIpc) is 3.11. The molecule has 0 radical (unpaired) electrons. The Kier molecular flexibility index (Phi) is 5.03. The standard InChI is InChI=1S/C20H18N4O3S/c1-26-13-7-12(8-14(9-13)27-2)23-17(25)10-28-20-19-18(21-11-22-20)15-5-3-4-6-16(15)24-19/h3-9,11,24H,10H2,1-2H3,(H,23,25). The molecule has 4 aromatic rings. The van der Waals surface area contributed by atoms with Gasteiger partial charge in [0.2, 0.25) is 5.91 Å². The van der Waals surface area contributed by atoms with Crippen LogP contribution in [0.1, 0.15) is 0 Å². The third-order valence-corrected chi connectivity index (χ3v) is 5.22. The fourth-order valence-corrected chi connectivity index (χ4v) is 3.69. The minimum atomic E-state index is -0.150. The molecule has 0 bridgehead atoms. The van der Waals surface area contributed by atoms with E-state index >= 15 is 0 Å². The molecule has 0 aliphatic rings. The Balaban J connectivity index is 1.51. The SMILES string of the molecule is COc1cc(NC(=O)CSc2ncnc3c2[nH]c2ccccc23)cc(OC)c1. The Labute approximate surface area is 165 Å². The number of rotatable bonds is 6. The number of carbonyl (C=O) groups is 1. The minimum absolute atomic E-state index is 0.150. The molecule has 28 heavy (non-hydrogen) atoms. The highest BCUT2D eigenvalue weighted by atomic mass is 32.2. The zero-order valence-corrected chi connectivity index (χ0v) is 16.2. The van der Waals surface area contributed by atoms with E-state index in [0.717, 1.165) is 27.0 Å². The molecule has 0 atom stereocenters. The molecule has 0 saturated carbocycles. The fraction of sp³-hybridized carbons (Fsp3) is 0.150. The average molecular weight is 394 g/mol. The van der Waals surface area contributed by atoms with Crippen LogP contribution in [0.5, 0.6) is 11.5 Å². The summed E-state index contributed by atoms with van der Waals surface area (Å²) in [6.45, 7) is 0. The number of nitrogens with zero attached hydrogens (tertiary/aromatic N) is 2. The Morgan fingerprint density at radius 1 is 1.11 bits per heavy atom. The summed E-state index contributed by atoms with van der Waals surface area (Å²) in [6, 6.07) is 13.2. The molecule has 4 rings (SSSR count). The summed E-state index contributed by atoms with van der Waals surface area (Å²) in [6.07, 6.45) is 1.52. The number of thioether (sulfide) groups is 1. The molecular weight excluding hydrogens is 376 g/mol. The molecule has 0 saturated heterocycles. The maximum atomic E-state index is 12.4. The van der Waals surface area contributed by atoms with Crippen LogP contribution >= 0.6 is 11.8 Å². The number of H-pyrrole nitrogens is 1. The van der Waals surface area contributed by atoms with Crippen LogP contribution in [0.4, 0.5) is 5.69 Å². The van der Waals surface area contributed by atoms with Crippen molar-refractivity contribution < 1.29 is 14.3 Å². The summed E-state index contributed by atoms with van der Waals surface area (Å²) in [7, 11) is 3.13. The maximum absolute atomic E-state index is 12.4. The normalized spacial score (nSPS) is 10.9. The van der Waals surface area contributed by atoms with Gasteiger partial charge in [0, 0.05) is 34.8 Å². The van der Waals surface area contributed by atoms with Gasteiger partial charge < -0.3 is 19.8 Å². The topological polar surface area (TPSA) is 89.1 Å². The third kappa shape index (κ3) is 3.59. The van der Waals surface area contributed by atoms with Crippen molar-refractivity contribution in [3.05, 3.63) is 48.8 Å². The number of aromatic amines is 1. The van der Waals surface area contributed by atoms with Crippen LogP contribution in [-0.2, 0) is 4.79 Å². The molecular formula is C20H18N4O3S. The predicted octanol–water partition coefficient (Wildman–Crippen LogP) is 3.86. The number of amides is 1. The molecule has 2 aromatic heterocycles. The maximum Gasteiger partial charge on any atom is 0.234 e. The van der Waals surface area contributed by atoms with E-state index in [1.807, 2.05) is 24.3 Å². The Bertz CT molecular complexity index is 1140. The largest absolute Gasteiger partial charge is 0.497 e. The highest BCUT2D eigenvalue weighted by molar-refractivity contribution is 8.00. The van der Waals surface area contributed by atoms with Crippen LogP contribution < -0.4 is 14.8 Å². The Morgan fingerprint density at radius 3 is 2.61 bits per heavy atom. The number of hydrogen-bond acceptors (Lipinski definition) is 6. The summed E-state index contributed by atoms with van der Waals surface area (Å²) in [5.41, 5.74) is 3.30. The monoisotopic (exact) mass is 394 g/mol. The molecule has 2 heterocycles. The number of methoxy groups -OCH3 is 2. The number of nitrogens with one attached hydrogen (secondary N) is 2. The molecule has 7 nitrogen and oxygen atoms in total. The number of para-hydroxylation sites is 1. The molecule has 0 fully saturated rings. The lowest BCUT2D eigenvalue weighted by molar-refractivity contribution is -0.113. The van der Waals surface area contributed by atoms with Crippen LogP contribution in [0.2, 0.25) is 0 Å². The van der Waals surface area contributed by atoms with Crippen LogP contribution in [0.3, 0.4) is 0 Å². The molecule has 1 amide bonds. The van der Waals surface area contributed by atoms with Gasteiger partial charge in [0.1, 0.15) is 28.4 Å². The van der Waals surface area contributed by atoms with Gasteiger partial charge in [-0.25, -0.2) is 9.97 Å². The van der Waals surface area contributed by atoms with Crippen molar-refractivity contribution in [3.8, 4) is 11.5 Å². The first kappa shape index (κ1) is 18.1. The Hall–Kier alpha value is -3.26. The van der Waals surface area contributed by atoms with E-state index in [2.05, 4.69) is 20.3 Å². The van der Waals surface area contributed by atoms with E-state index < -0.39 is 0 Å².